The number of hydroxylamine groups is 1. The molecule has 0 saturated heterocycles. The molecule has 0 fully saturated rings. The first-order chi connectivity index (χ1) is 8.21. The van der Waals surface area contributed by atoms with Gasteiger partial charge in [0.15, 0.2) is 12.1 Å². The van der Waals surface area contributed by atoms with E-state index in [-0.39, 0.29) is 11.4 Å². The Hall–Kier alpha value is -1.42. The molecule has 0 atom stereocenters. The van der Waals surface area contributed by atoms with Gasteiger partial charge < -0.3 is 0 Å². The maximum Gasteiger partial charge on any atom is 0.167 e. The number of Topliss-reactive ketones (excluding diaryl/α,β-unsaturated/α-hetero) is 1. The lowest BCUT2D eigenvalue weighted by Crippen LogP contribution is -2.20. The first kappa shape index (κ1) is 15.6. The fourth-order valence-electron chi connectivity index (χ4n) is 1.35. The summed E-state index contributed by atoms with van der Waals surface area (Å²) in [5.41, 5.74) is 3.42. The third-order valence-corrected chi connectivity index (χ3v) is 2.12. The molecule has 96 valence electrons. The third-order valence-electron chi connectivity index (χ3n) is 2.12. The molecule has 0 aliphatic rings. The summed E-state index contributed by atoms with van der Waals surface area (Å²) in [5, 5.41) is 0. The fourth-order valence-corrected chi connectivity index (χ4v) is 1.35. The minimum Gasteiger partial charge on any atom is -0.298 e. The zero-order chi connectivity index (χ0) is 13.1. The second-order valence-corrected chi connectivity index (χ2v) is 3.63. The number of carbonyl (C=O) groups excluding carboxylic acids is 2. The van der Waals surface area contributed by atoms with Crippen molar-refractivity contribution in [1.29, 1.82) is 0 Å². The third kappa shape index (κ3) is 6.02. The van der Waals surface area contributed by atoms with Gasteiger partial charge in [-0.15, -0.1) is 6.58 Å². The molecule has 0 radical (unpaired) electrons. The summed E-state index contributed by atoms with van der Waals surface area (Å²) in [6.45, 7) is 7.71. The number of nitrogens with one attached hydrogen (secondary N) is 1. The highest BCUT2D eigenvalue weighted by Crippen LogP contribution is 2.10. The van der Waals surface area contributed by atoms with E-state index in [2.05, 4.69) is 12.1 Å². The van der Waals surface area contributed by atoms with Crippen molar-refractivity contribution in [1.82, 2.24) is 5.48 Å². The van der Waals surface area contributed by atoms with Crippen LogP contribution in [0.3, 0.4) is 0 Å². The summed E-state index contributed by atoms with van der Waals surface area (Å²) >= 11 is 0. The largest absolute Gasteiger partial charge is 0.298 e. The molecular weight excluding hydrogens is 218 g/mol. The Morgan fingerprint density at radius 2 is 1.94 bits per heavy atom. The van der Waals surface area contributed by atoms with E-state index in [1.807, 2.05) is 13.8 Å². The van der Waals surface area contributed by atoms with Gasteiger partial charge in [0.2, 0.25) is 0 Å². The molecule has 0 aromatic carbocycles. The Kier molecular flexibility index (Phi) is 8.96. The monoisotopic (exact) mass is 239 g/mol. The Labute approximate surface area is 103 Å². The Bertz CT molecular complexity index is 295. The van der Waals surface area contributed by atoms with E-state index in [4.69, 9.17) is 4.84 Å². The topological polar surface area (TPSA) is 55.4 Å². The maximum absolute atomic E-state index is 11.7. The van der Waals surface area contributed by atoms with E-state index < -0.39 is 0 Å². The van der Waals surface area contributed by atoms with Crippen molar-refractivity contribution >= 4 is 12.1 Å². The summed E-state index contributed by atoms with van der Waals surface area (Å²) in [6, 6.07) is 0. The van der Waals surface area contributed by atoms with Gasteiger partial charge in [-0.05, 0) is 12.8 Å². The van der Waals surface area contributed by atoms with Crippen molar-refractivity contribution in [3.8, 4) is 0 Å². The van der Waals surface area contributed by atoms with E-state index in [9.17, 15) is 9.59 Å². The summed E-state index contributed by atoms with van der Waals surface area (Å²) in [7, 11) is 0. The standard InChI is InChI=1S/C13H21NO3/c1-4-7-12(14-17-9-6-3)11(10-15)13(16)8-5-2/h6,10,14H,3-5,7-9H2,1-2H3. The molecule has 0 saturated carbocycles. The lowest BCUT2D eigenvalue weighted by atomic mass is 10.0. The lowest BCUT2D eigenvalue weighted by Gasteiger charge is -2.12. The normalized spacial score (nSPS) is 11.6. The van der Waals surface area contributed by atoms with Crippen molar-refractivity contribution in [2.75, 3.05) is 6.61 Å². The Morgan fingerprint density at radius 3 is 2.41 bits per heavy atom. The molecule has 17 heavy (non-hydrogen) atoms. The van der Waals surface area contributed by atoms with Crippen LogP contribution < -0.4 is 5.48 Å². The molecule has 4 nitrogen and oxygen atoms in total. The predicted octanol–water partition coefficient (Wildman–Crippen LogP) is 2.32. The second-order valence-electron chi connectivity index (χ2n) is 3.63. The molecule has 0 unspecified atom stereocenters. The van der Waals surface area contributed by atoms with Gasteiger partial charge >= 0.3 is 0 Å². The number of ketones is 1. The molecule has 0 rings (SSSR count). The number of hydrogen-bond acceptors (Lipinski definition) is 4. The van der Waals surface area contributed by atoms with Crippen molar-refractivity contribution < 1.29 is 14.4 Å². The smallest absolute Gasteiger partial charge is 0.167 e. The highest BCUT2D eigenvalue weighted by Gasteiger charge is 2.13. The zero-order valence-corrected chi connectivity index (χ0v) is 10.6. The Morgan fingerprint density at radius 1 is 1.29 bits per heavy atom. The molecule has 0 aliphatic carbocycles. The van der Waals surface area contributed by atoms with Gasteiger partial charge in [-0.25, -0.2) is 0 Å². The minimum absolute atomic E-state index is 0.138. The number of rotatable bonds is 10. The molecule has 0 aromatic rings. The molecule has 0 heterocycles. The first-order valence-electron chi connectivity index (χ1n) is 5.91. The number of allylic oxidation sites excluding steroid dienone is 2. The van der Waals surface area contributed by atoms with Gasteiger partial charge in [-0.3, -0.25) is 19.9 Å². The molecular formula is C13H21NO3. The molecule has 0 aliphatic heterocycles. The molecule has 1 N–H and O–H groups in total. The van der Waals surface area contributed by atoms with Gasteiger partial charge in [0.05, 0.1) is 17.9 Å². The van der Waals surface area contributed by atoms with Gasteiger partial charge in [0, 0.05) is 6.42 Å². The van der Waals surface area contributed by atoms with Crippen molar-refractivity contribution in [2.24, 2.45) is 0 Å². The van der Waals surface area contributed by atoms with Crippen molar-refractivity contribution in [3.05, 3.63) is 23.9 Å². The maximum atomic E-state index is 11.7. The van der Waals surface area contributed by atoms with Gasteiger partial charge in [0.25, 0.3) is 0 Å². The van der Waals surface area contributed by atoms with Crippen LogP contribution in [0, 0.1) is 0 Å². The van der Waals surface area contributed by atoms with Crippen LogP contribution in [0.25, 0.3) is 0 Å². The second kappa shape index (κ2) is 9.78. The van der Waals surface area contributed by atoms with Gasteiger partial charge in [-0.1, -0.05) is 26.3 Å². The van der Waals surface area contributed by atoms with E-state index in [0.29, 0.717) is 31.4 Å². The van der Waals surface area contributed by atoms with E-state index >= 15 is 0 Å². The highest BCUT2D eigenvalue weighted by molar-refractivity contribution is 6.12. The van der Waals surface area contributed by atoms with Gasteiger partial charge in [-0.2, -0.15) is 0 Å². The Balaban J connectivity index is 4.80. The van der Waals surface area contributed by atoms with E-state index in [1.165, 1.54) is 0 Å². The number of aldehydes is 1. The molecule has 0 spiro atoms. The number of carbonyl (C=O) groups is 2. The van der Waals surface area contributed by atoms with Crippen LogP contribution in [0.5, 0.6) is 0 Å². The van der Waals surface area contributed by atoms with Crippen LogP contribution in [0.4, 0.5) is 0 Å². The molecule has 0 aromatic heterocycles. The zero-order valence-electron chi connectivity index (χ0n) is 10.6. The average molecular weight is 239 g/mol. The molecule has 4 heteroatoms. The number of hydrogen-bond donors (Lipinski definition) is 1. The van der Waals surface area contributed by atoms with Crippen LogP contribution in [0.15, 0.2) is 23.9 Å². The predicted molar refractivity (Wildman–Crippen MR) is 67.2 cm³/mol. The van der Waals surface area contributed by atoms with E-state index in [1.54, 1.807) is 6.08 Å². The van der Waals surface area contributed by atoms with Crippen LogP contribution in [-0.4, -0.2) is 18.7 Å². The molecule has 0 amide bonds. The van der Waals surface area contributed by atoms with Crippen LogP contribution >= 0.6 is 0 Å². The van der Waals surface area contributed by atoms with Crippen LogP contribution in [0.2, 0.25) is 0 Å². The summed E-state index contributed by atoms with van der Waals surface area (Å²) in [6.07, 6.45) is 4.74. The minimum atomic E-state index is -0.138. The first-order valence-corrected chi connectivity index (χ1v) is 5.91. The van der Waals surface area contributed by atoms with Crippen molar-refractivity contribution in [3.63, 3.8) is 0 Å². The van der Waals surface area contributed by atoms with Gasteiger partial charge in [0.1, 0.15) is 0 Å². The lowest BCUT2D eigenvalue weighted by molar-refractivity contribution is -0.117. The summed E-state index contributed by atoms with van der Waals surface area (Å²) in [4.78, 5) is 27.8. The quantitative estimate of drug-likeness (QED) is 0.121. The fraction of sp³-hybridized carbons (Fsp3) is 0.538. The highest BCUT2D eigenvalue weighted by atomic mass is 16.6. The SMILES string of the molecule is C=CCONC(CCC)=C(C=O)C(=O)CCC. The summed E-state index contributed by atoms with van der Waals surface area (Å²) in [5.74, 6) is -0.138. The van der Waals surface area contributed by atoms with Crippen LogP contribution in [0.1, 0.15) is 39.5 Å². The average Bonchev–Trinajstić information content (AvgIpc) is 2.30. The van der Waals surface area contributed by atoms with Crippen LogP contribution in [-0.2, 0) is 14.4 Å². The molecule has 0 bridgehead atoms. The van der Waals surface area contributed by atoms with Crippen molar-refractivity contribution in [2.45, 2.75) is 39.5 Å². The van der Waals surface area contributed by atoms with E-state index in [0.717, 1.165) is 12.8 Å². The summed E-state index contributed by atoms with van der Waals surface area (Å²) < 4.78 is 0.